The minimum atomic E-state index is 0.351. The molecule has 0 saturated heterocycles. The van der Waals surface area contributed by atoms with Crippen molar-refractivity contribution in [2.75, 3.05) is 0 Å². The molecule has 0 radical (unpaired) electrons. The predicted molar refractivity (Wildman–Crippen MR) is 86.8 cm³/mol. The van der Waals surface area contributed by atoms with Crippen LogP contribution in [0.1, 0.15) is 49.5 Å². The molecule has 106 valence electrons. The number of hydrogen-bond donors (Lipinski definition) is 1. The lowest BCUT2D eigenvalue weighted by molar-refractivity contribution is 0.374. The van der Waals surface area contributed by atoms with Crippen molar-refractivity contribution in [2.24, 2.45) is 5.92 Å². The second-order valence-electron chi connectivity index (χ2n) is 5.88. The summed E-state index contributed by atoms with van der Waals surface area (Å²) in [7, 11) is 0. The summed E-state index contributed by atoms with van der Waals surface area (Å²) in [4.78, 5) is 0. The first-order valence-electron chi connectivity index (χ1n) is 7.46. The highest BCUT2D eigenvalue weighted by atomic mass is 15.0. The lowest BCUT2D eigenvalue weighted by Gasteiger charge is -2.28. The van der Waals surface area contributed by atoms with E-state index in [2.05, 4.69) is 87.6 Å². The van der Waals surface area contributed by atoms with Crippen molar-refractivity contribution >= 4 is 0 Å². The fraction of sp³-hybridized carbons (Fsp3) is 0.368. The molecule has 0 aliphatic heterocycles. The Morgan fingerprint density at radius 2 is 1.40 bits per heavy atom. The highest BCUT2D eigenvalue weighted by molar-refractivity contribution is 5.29. The summed E-state index contributed by atoms with van der Waals surface area (Å²) in [6, 6.07) is 20.1. The summed E-state index contributed by atoms with van der Waals surface area (Å²) >= 11 is 0. The van der Waals surface area contributed by atoms with Crippen molar-refractivity contribution in [3.8, 4) is 0 Å². The highest BCUT2D eigenvalue weighted by Crippen LogP contribution is 2.26. The Bertz CT molecular complexity index is 530. The molecule has 2 atom stereocenters. The average molecular weight is 267 g/mol. The van der Waals surface area contributed by atoms with Gasteiger partial charge in [-0.3, -0.25) is 0 Å². The number of nitrogens with one attached hydrogen (secondary N) is 1. The van der Waals surface area contributed by atoms with E-state index in [-0.39, 0.29) is 0 Å². The minimum Gasteiger partial charge on any atom is -0.303 e. The largest absolute Gasteiger partial charge is 0.303 e. The molecular weight excluding hydrogens is 242 g/mol. The van der Waals surface area contributed by atoms with Crippen LogP contribution in [0.25, 0.3) is 0 Å². The van der Waals surface area contributed by atoms with E-state index in [1.54, 1.807) is 0 Å². The lowest BCUT2D eigenvalue weighted by Crippen LogP contribution is -2.28. The molecule has 1 unspecified atom stereocenters. The van der Waals surface area contributed by atoms with Crippen LogP contribution in [-0.2, 0) is 0 Å². The molecule has 0 bridgehead atoms. The predicted octanol–water partition coefficient (Wildman–Crippen LogP) is 5.04. The van der Waals surface area contributed by atoms with Crippen LogP contribution in [0.3, 0.4) is 0 Å². The van der Waals surface area contributed by atoms with Crippen molar-refractivity contribution < 1.29 is 0 Å². The van der Waals surface area contributed by atoms with Crippen LogP contribution >= 0.6 is 0 Å². The van der Waals surface area contributed by atoms with Crippen LogP contribution in [0.4, 0.5) is 0 Å². The summed E-state index contributed by atoms with van der Waals surface area (Å²) in [6.07, 6.45) is 0. The first kappa shape index (κ1) is 14.8. The second kappa shape index (κ2) is 6.71. The van der Waals surface area contributed by atoms with Gasteiger partial charge in [0.25, 0.3) is 0 Å². The van der Waals surface area contributed by atoms with Gasteiger partial charge < -0.3 is 5.32 Å². The molecule has 20 heavy (non-hydrogen) atoms. The Hall–Kier alpha value is -1.60. The maximum absolute atomic E-state index is 3.79. The first-order chi connectivity index (χ1) is 9.59. The van der Waals surface area contributed by atoms with E-state index in [4.69, 9.17) is 0 Å². The Kier molecular flexibility index (Phi) is 4.97. The fourth-order valence-corrected chi connectivity index (χ4v) is 2.77. The zero-order chi connectivity index (χ0) is 14.5. The van der Waals surface area contributed by atoms with Gasteiger partial charge >= 0.3 is 0 Å². The van der Waals surface area contributed by atoms with Gasteiger partial charge in [-0.05, 0) is 36.5 Å². The number of benzene rings is 2. The topological polar surface area (TPSA) is 12.0 Å². The van der Waals surface area contributed by atoms with E-state index in [0.717, 1.165) is 0 Å². The Balaban J connectivity index is 2.19. The van der Waals surface area contributed by atoms with Crippen LogP contribution in [0.5, 0.6) is 0 Å². The SMILES string of the molecule is Cc1ccccc1[C@H](C)NC(c1ccccc1)C(C)C. The highest BCUT2D eigenvalue weighted by Gasteiger charge is 2.19. The minimum absolute atomic E-state index is 0.351. The molecule has 0 amide bonds. The quantitative estimate of drug-likeness (QED) is 0.800. The number of aryl methyl sites for hydroxylation is 1. The van der Waals surface area contributed by atoms with Crippen molar-refractivity contribution in [3.05, 3.63) is 71.3 Å². The number of rotatable bonds is 5. The Labute approximate surface area is 123 Å². The molecule has 0 aromatic heterocycles. The van der Waals surface area contributed by atoms with E-state index >= 15 is 0 Å². The lowest BCUT2D eigenvalue weighted by atomic mass is 9.93. The zero-order valence-electron chi connectivity index (χ0n) is 12.9. The third kappa shape index (κ3) is 3.49. The van der Waals surface area contributed by atoms with Gasteiger partial charge in [-0.2, -0.15) is 0 Å². The van der Waals surface area contributed by atoms with Crippen LogP contribution < -0.4 is 5.32 Å². The maximum atomic E-state index is 3.79. The fourth-order valence-electron chi connectivity index (χ4n) is 2.77. The molecule has 0 heterocycles. The maximum Gasteiger partial charge on any atom is 0.0348 e. The molecule has 1 nitrogen and oxygen atoms in total. The van der Waals surface area contributed by atoms with Crippen LogP contribution in [0.2, 0.25) is 0 Å². The summed E-state index contributed by atoms with van der Waals surface area (Å²) < 4.78 is 0. The molecular formula is C19H25N. The van der Waals surface area contributed by atoms with E-state index in [1.165, 1.54) is 16.7 Å². The third-order valence-corrected chi connectivity index (χ3v) is 3.91. The molecule has 2 rings (SSSR count). The first-order valence-corrected chi connectivity index (χ1v) is 7.46. The van der Waals surface area contributed by atoms with Gasteiger partial charge in [0.1, 0.15) is 0 Å². The van der Waals surface area contributed by atoms with E-state index in [0.29, 0.717) is 18.0 Å². The Morgan fingerprint density at radius 1 is 0.800 bits per heavy atom. The monoisotopic (exact) mass is 267 g/mol. The Morgan fingerprint density at radius 3 is 2.00 bits per heavy atom. The molecule has 1 N–H and O–H groups in total. The van der Waals surface area contributed by atoms with Gasteiger partial charge in [0.05, 0.1) is 0 Å². The van der Waals surface area contributed by atoms with Gasteiger partial charge in [-0.25, -0.2) is 0 Å². The van der Waals surface area contributed by atoms with Crippen molar-refractivity contribution in [1.82, 2.24) is 5.32 Å². The molecule has 2 aromatic carbocycles. The van der Waals surface area contributed by atoms with Crippen molar-refractivity contribution in [1.29, 1.82) is 0 Å². The summed E-state index contributed by atoms with van der Waals surface area (Å²) in [5.41, 5.74) is 4.10. The third-order valence-electron chi connectivity index (χ3n) is 3.91. The van der Waals surface area contributed by atoms with Gasteiger partial charge in [-0.1, -0.05) is 68.4 Å². The molecule has 0 saturated carbocycles. The smallest absolute Gasteiger partial charge is 0.0348 e. The van der Waals surface area contributed by atoms with Crippen LogP contribution in [-0.4, -0.2) is 0 Å². The van der Waals surface area contributed by atoms with E-state index in [9.17, 15) is 0 Å². The van der Waals surface area contributed by atoms with Gasteiger partial charge in [0.2, 0.25) is 0 Å². The van der Waals surface area contributed by atoms with Crippen LogP contribution in [0.15, 0.2) is 54.6 Å². The number of hydrogen-bond acceptors (Lipinski definition) is 1. The molecule has 0 spiro atoms. The van der Waals surface area contributed by atoms with Gasteiger partial charge in [-0.15, -0.1) is 0 Å². The normalized spacial score (nSPS) is 14.2. The summed E-state index contributed by atoms with van der Waals surface area (Å²) in [6.45, 7) is 8.98. The molecule has 2 aromatic rings. The summed E-state index contributed by atoms with van der Waals surface area (Å²) in [5, 5.41) is 3.79. The molecule has 0 aliphatic rings. The van der Waals surface area contributed by atoms with Crippen LogP contribution in [0, 0.1) is 12.8 Å². The summed E-state index contributed by atoms with van der Waals surface area (Å²) in [5.74, 6) is 0.559. The molecule has 0 fully saturated rings. The zero-order valence-corrected chi connectivity index (χ0v) is 12.9. The average Bonchev–Trinajstić information content (AvgIpc) is 2.45. The molecule has 1 heteroatoms. The van der Waals surface area contributed by atoms with Crippen molar-refractivity contribution in [2.45, 2.75) is 39.8 Å². The van der Waals surface area contributed by atoms with Crippen molar-refractivity contribution in [3.63, 3.8) is 0 Å². The van der Waals surface area contributed by atoms with Gasteiger partial charge in [0.15, 0.2) is 0 Å². The second-order valence-corrected chi connectivity index (χ2v) is 5.88. The molecule has 0 aliphatic carbocycles. The van der Waals surface area contributed by atoms with E-state index < -0.39 is 0 Å². The van der Waals surface area contributed by atoms with Gasteiger partial charge in [0, 0.05) is 12.1 Å². The van der Waals surface area contributed by atoms with E-state index in [1.807, 2.05) is 0 Å². The standard InChI is InChI=1S/C19H25N/c1-14(2)19(17-11-6-5-7-12-17)20-16(4)18-13-9-8-10-15(18)3/h5-14,16,19-20H,1-4H3/t16-,19?/m0/s1.